The molecule has 0 aliphatic heterocycles. The Morgan fingerprint density at radius 2 is 2.25 bits per heavy atom. The summed E-state index contributed by atoms with van der Waals surface area (Å²) in [6, 6.07) is 0. The Balaban J connectivity index is 2.30. The van der Waals surface area contributed by atoms with E-state index < -0.39 is 24.7 Å². The van der Waals surface area contributed by atoms with Gasteiger partial charge in [-0.15, -0.1) is 0 Å². The van der Waals surface area contributed by atoms with Gasteiger partial charge in [0.1, 0.15) is 0 Å². The Hall–Kier alpha value is 0.642. The average molecular weight is 256 g/mol. The third-order valence-electron chi connectivity index (χ3n) is 0.0373. The van der Waals surface area contributed by atoms with Gasteiger partial charge in [0.15, 0.2) is 0 Å². The molecular formula is HO3Pb. The first-order valence-corrected chi connectivity index (χ1v) is 3.76. The van der Waals surface area contributed by atoms with Gasteiger partial charge in [-0.05, 0) is 0 Å². The second-order valence-corrected chi connectivity index (χ2v) is 1.53. The molecule has 4 heavy (non-hydrogen) atoms. The fraction of sp³-hybridized carbons (Fsp3) is 0. The van der Waals surface area contributed by atoms with Gasteiger partial charge in [0.05, 0.1) is 0 Å². The van der Waals surface area contributed by atoms with Crippen molar-refractivity contribution in [1.29, 1.82) is 0 Å². The van der Waals surface area contributed by atoms with Crippen LogP contribution in [0.4, 0.5) is 0 Å². The zero-order valence-electron chi connectivity index (χ0n) is 1.76. The first-order chi connectivity index (χ1) is 1.91. The van der Waals surface area contributed by atoms with Crippen molar-refractivity contribution in [3.63, 3.8) is 0 Å². The Labute approximate surface area is 35.8 Å². The van der Waals surface area contributed by atoms with E-state index in [0.717, 1.165) is 0 Å². The normalized spacial score (nSPS) is 6.25. The maximum absolute atomic E-state index is 9.02. The SMILES string of the molecule is [O]=[Pb][O]O. The Morgan fingerprint density at radius 1 is 2.00 bits per heavy atom. The topological polar surface area (TPSA) is 46.5 Å². The van der Waals surface area contributed by atoms with Crippen LogP contribution in [0.3, 0.4) is 0 Å². The molecule has 0 heterocycles. The Kier molecular flexibility index (Phi) is 4.23. The molecule has 0 fully saturated rings. The van der Waals surface area contributed by atoms with Crippen molar-refractivity contribution in [1.82, 2.24) is 0 Å². The molecule has 0 aliphatic carbocycles. The third kappa shape index (κ3) is 2.64. The quantitative estimate of drug-likeness (QED) is 0.389. The Bertz CT molecular complexity index is 17.2. The van der Waals surface area contributed by atoms with Crippen molar-refractivity contribution in [3.05, 3.63) is 0 Å². The molecule has 0 amide bonds. The van der Waals surface area contributed by atoms with Gasteiger partial charge in [0.2, 0.25) is 0 Å². The summed E-state index contributed by atoms with van der Waals surface area (Å²) in [6.45, 7) is 0. The molecule has 3 nitrogen and oxygen atoms in total. The minimum atomic E-state index is -2.13. The molecule has 0 unspecified atom stereocenters. The van der Waals surface area contributed by atoms with Crippen molar-refractivity contribution in [2.45, 2.75) is 0 Å². The van der Waals surface area contributed by atoms with E-state index >= 15 is 0 Å². The number of rotatable bonds is 1. The van der Waals surface area contributed by atoms with Crippen LogP contribution in [0.5, 0.6) is 0 Å². The van der Waals surface area contributed by atoms with Crippen molar-refractivity contribution in [2.75, 3.05) is 0 Å². The summed E-state index contributed by atoms with van der Waals surface area (Å²) in [5, 5.41) is 7.15. The zero-order valence-corrected chi connectivity index (χ0v) is 5.65. The van der Waals surface area contributed by atoms with Gasteiger partial charge in [0, 0.05) is 0 Å². The number of hydrogen-bond donors (Lipinski definition) is 1. The van der Waals surface area contributed by atoms with E-state index in [1.807, 2.05) is 0 Å². The van der Waals surface area contributed by atoms with Crippen LogP contribution in [0.15, 0.2) is 0 Å². The van der Waals surface area contributed by atoms with Gasteiger partial charge in [-0.25, -0.2) is 0 Å². The fourth-order valence-corrected chi connectivity index (χ4v) is 0. The van der Waals surface area contributed by atoms with Crippen molar-refractivity contribution >= 4 is 24.7 Å². The van der Waals surface area contributed by atoms with E-state index in [2.05, 4.69) is 2.84 Å². The molecule has 1 N–H and O–H groups in total. The van der Waals surface area contributed by atoms with E-state index in [1.54, 1.807) is 0 Å². The van der Waals surface area contributed by atoms with Crippen LogP contribution >= 0.6 is 0 Å². The summed E-state index contributed by atoms with van der Waals surface area (Å²) in [4.78, 5) is 0. The molecule has 0 aliphatic rings. The molecule has 0 bridgehead atoms. The molecule has 0 spiro atoms. The summed E-state index contributed by atoms with van der Waals surface area (Å²) >= 11 is -2.13. The van der Waals surface area contributed by atoms with E-state index in [9.17, 15) is 0 Å². The second-order valence-electron chi connectivity index (χ2n) is 0.175. The minimum absolute atomic E-state index is 2.13. The molecule has 0 atom stereocenters. The number of hydrogen-bond acceptors (Lipinski definition) is 3. The molecule has 0 aromatic carbocycles. The summed E-state index contributed by atoms with van der Waals surface area (Å²) < 4.78 is 12.2. The van der Waals surface area contributed by atoms with E-state index in [4.69, 9.17) is 7.94 Å². The molecule has 0 saturated carbocycles. The van der Waals surface area contributed by atoms with Gasteiger partial charge in [-0.2, -0.15) is 0 Å². The second kappa shape index (κ2) is 3.64. The average Bonchev–Trinajstić information content (AvgIpc) is 1.37. The van der Waals surface area contributed by atoms with E-state index in [0.29, 0.717) is 0 Å². The van der Waals surface area contributed by atoms with Gasteiger partial charge in [-0.3, -0.25) is 0 Å². The molecule has 4 heteroatoms. The van der Waals surface area contributed by atoms with Crippen LogP contribution in [-0.2, 0) is 5.52 Å². The van der Waals surface area contributed by atoms with Crippen molar-refractivity contribution in [3.8, 4) is 0 Å². The first-order valence-electron chi connectivity index (χ1n) is 0.591. The van der Waals surface area contributed by atoms with Gasteiger partial charge >= 0.3 is 35.5 Å². The predicted octanol–water partition coefficient (Wildman–Crippen LogP) is -0.559. The van der Waals surface area contributed by atoms with Crippen LogP contribution in [0.1, 0.15) is 0 Å². The summed E-state index contributed by atoms with van der Waals surface area (Å²) in [7, 11) is 0. The van der Waals surface area contributed by atoms with Crippen LogP contribution in [-0.4, -0.2) is 30.0 Å². The molecule has 23 valence electrons. The predicted molar refractivity (Wildman–Crippen MR) is 10.2 cm³/mol. The zero-order chi connectivity index (χ0) is 3.41. The standard InChI is InChI=1S/H2O2.O.Pb/c1-2;;/h1-2H;;/q;;+1/p-1. The molecule has 0 saturated heterocycles. The van der Waals surface area contributed by atoms with Crippen LogP contribution in [0, 0.1) is 0 Å². The first kappa shape index (κ1) is 4.64. The summed E-state index contributed by atoms with van der Waals surface area (Å²) in [5.74, 6) is 0. The maximum atomic E-state index is 9.02. The molecule has 0 rings (SSSR count). The molecule has 1 radical (unpaired) electrons. The van der Waals surface area contributed by atoms with Crippen molar-refractivity contribution < 1.29 is 10.8 Å². The van der Waals surface area contributed by atoms with Crippen LogP contribution in [0.2, 0.25) is 0 Å². The fourth-order valence-electron chi connectivity index (χ4n) is 0. The summed E-state index contributed by atoms with van der Waals surface area (Å²) in [5.41, 5.74) is 0. The van der Waals surface area contributed by atoms with Gasteiger partial charge in [-0.1, -0.05) is 0 Å². The molecular weight excluding hydrogens is 255 g/mol. The van der Waals surface area contributed by atoms with Gasteiger partial charge in [0.25, 0.3) is 0 Å². The summed E-state index contributed by atoms with van der Waals surface area (Å²) in [6.07, 6.45) is 0. The van der Waals surface area contributed by atoms with Crippen LogP contribution in [0.25, 0.3) is 0 Å². The van der Waals surface area contributed by atoms with E-state index in [1.165, 1.54) is 0 Å². The third-order valence-corrected chi connectivity index (χ3v) is 0.327. The molecule has 0 aromatic heterocycles. The Morgan fingerprint density at radius 3 is 2.25 bits per heavy atom. The van der Waals surface area contributed by atoms with E-state index in [-0.39, 0.29) is 0 Å². The van der Waals surface area contributed by atoms with Crippen LogP contribution < -0.4 is 0 Å². The van der Waals surface area contributed by atoms with Gasteiger partial charge < -0.3 is 0 Å². The molecule has 0 aromatic rings. The monoisotopic (exact) mass is 257 g/mol. The van der Waals surface area contributed by atoms with Crippen molar-refractivity contribution in [2.24, 2.45) is 0 Å².